The van der Waals surface area contributed by atoms with Gasteiger partial charge in [-0.15, -0.1) is 0 Å². The molecule has 0 radical (unpaired) electrons. The lowest BCUT2D eigenvalue weighted by Gasteiger charge is -2.21. The Bertz CT molecular complexity index is 585. The molecule has 0 aromatic heterocycles. The number of hydrogen-bond donors (Lipinski definition) is 2. The van der Waals surface area contributed by atoms with Gasteiger partial charge in [0.2, 0.25) is 5.91 Å². The fourth-order valence-corrected chi connectivity index (χ4v) is 4.04. The Morgan fingerprint density at radius 2 is 1.48 bits per heavy atom. The van der Waals surface area contributed by atoms with Gasteiger partial charge >= 0.3 is 0 Å². The summed E-state index contributed by atoms with van der Waals surface area (Å²) in [6.07, 6.45) is 12.6. The second-order valence-electron chi connectivity index (χ2n) is 7.57. The lowest BCUT2D eigenvalue weighted by molar-refractivity contribution is -0.120. The summed E-state index contributed by atoms with van der Waals surface area (Å²) >= 11 is 0. The molecule has 4 heteroatoms. The van der Waals surface area contributed by atoms with Gasteiger partial charge < -0.3 is 10.6 Å². The molecule has 2 amide bonds. The Hall–Kier alpha value is -1.84. The van der Waals surface area contributed by atoms with Crippen LogP contribution in [0.3, 0.4) is 0 Å². The van der Waals surface area contributed by atoms with Crippen LogP contribution in [-0.2, 0) is 4.79 Å². The zero-order valence-corrected chi connectivity index (χ0v) is 15.1. The van der Waals surface area contributed by atoms with Gasteiger partial charge in [0.25, 0.3) is 5.91 Å². The van der Waals surface area contributed by atoms with Crippen LogP contribution < -0.4 is 10.6 Å². The number of rotatable bonds is 4. The van der Waals surface area contributed by atoms with Crippen molar-refractivity contribution in [3.05, 3.63) is 29.8 Å². The molecular formula is C21H30N2O2. The molecule has 2 fully saturated rings. The monoisotopic (exact) mass is 342 g/mol. The van der Waals surface area contributed by atoms with Gasteiger partial charge in [0.15, 0.2) is 0 Å². The molecule has 0 unspecified atom stereocenters. The lowest BCUT2D eigenvalue weighted by Crippen LogP contribution is -2.34. The number of carbonyl (C=O) groups is 2. The Balaban J connectivity index is 1.58. The van der Waals surface area contributed by atoms with E-state index in [1.54, 1.807) is 6.07 Å². The zero-order chi connectivity index (χ0) is 17.5. The van der Waals surface area contributed by atoms with Crippen molar-refractivity contribution in [3.8, 4) is 0 Å². The Labute approximate surface area is 150 Å². The van der Waals surface area contributed by atoms with Crippen molar-refractivity contribution in [1.29, 1.82) is 0 Å². The summed E-state index contributed by atoms with van der Waals surface area (Å²) in [5.74, 6) is 0.193. The standard InChI is InChI=1S/C21H30N2O2/c24-20(16-9-4-3-5-10-16)23-19-14-8-11-17(15-19)21(25)22-18-12-6-1-2-7-13-18/h8,11,14-16,18H,1-7,9-10,12-13H2,(H,22,25)(H,23,24). The Kier molecular flexibility index (Phi) is 6.48. The van der Waals surface area contributed by atoms with E-state index < -0.39 is 0 Å². The first kappa shape index (κ1) is 18.0. The quantitative estimate of drug-likeness (QED) is 0.782. The minimum atomic E-state index is -0.0272. The maximum atomic E-state index is 12.5. The van der Waals surface area contributed by atoms with Crippen LogP contribution in [0.1, 0.15) is 81.0 Å². The van der Waals surface area contributed by atoms with Gasteiger partial charge in [0.1, 0.15) is 0 Å². The Morgan fingerprint density at radius 1 is 0.840 bits per heavy atom. The van der Waals surface area contributed by atoms with Crippen LogP contribution in [-0.4, -0.2) is 17.9 Å². The third kappa shape index (κ3) is 5.32. The summed E-state index contributed by atoms with van der Waals surface area (Å²) < 4.78 is 0. The number of carbonyl (C=O) groups excluding carboxylic acids is 2. The molecule has 0 heterocycles. The van der Waals surface area contributed by atoms with Gasteiger partial charge in [0, 0.05) is 23.2 Å². The average molecular weight is 342 g/mol. The first-order valence-electron chi connectivity index (χ1n) is 9.94. The first-order chi connectivity index (χ1) is 12.2. The maximum Gasteiger partial charge on any atom is 0.251 e. The molecule has 2 N–H and O–H groups in total. The summed E-state index contributed by atoms with van der Waals surface area (Å²) in [6, 6.07) is 7.62. The molecule has 2 aliphatic carbocycles. The highest BCUT2D eigenvalue weighted by Crippen LogP contribution is 2.25. The summed E-state index contributed by atoms with van der Waals surface area (Å²) in [4.78, 5) is 24.9. The number of hydrogen-bond acceptors (Lipinski definition) is 2. The van der Waals surface area contributed by atoms with Crippen molar-refractivity contribution in [2.24, 2.45) is 5.92 Å². The van der Waals surface area contributed by atoms with Crippen molar-refractivity contribution in [2.75, 3.05) is 5.32 Å². The predicted octanol–water partition coefficient (Wildman–Crippen LogP) is 4.66. The second kappa shape index (κ2) is 9.02. The largest absolute Gasteiger partial charge is 0.349 e. The van der Waals surface area contributed by atoms with E-state index in [-0.39, 0.29) is 23.8 Å². The van der Waals surface area contributed by atoms with Crippen molar-refractivity contribution < 1.29 is 9.59 Å². The molecule has 0 aliphatic heterocycles. The molecule has 0 saturated heterocycles. The number of nitrogens with one attached hydrogen (secondary N) is 2. The molecule has 0 atom stereocenters. The zero-order valence-electron chi connectivity index (χ0n) is 15.1. The van der Waals surface area contributed by atoms with Crippen LogP contribution >= 0.6 is 0 Å². The van der Waals surface area contributed by atoms with E-state index in [1.165, 1.54) is 32.1 Å². The number of amides is 2. The van der Waals surface area contributed by atoms with Crippen LogP contribution in [0, 0.1) is 5.92 Å². The van der Waals surface area contributed by atoms with Crippen molar-refractivity contribution in [3.63, 3.8) is 0 Å². The Morgan fingerprint density at radius 3 is 2.20 bits per heavy atom. The molecule has 0 spiro atoms. The topological polar surface area (TPSA) is 58.2 Å². The highest BCUT2D eigenvalue weighted by Gasteiger charge is 2.21. The van der Waals surface area contributed by atoms with Crippen LogP contribution in [0.15, 0.2) is 24.3 Å². The normalized spacial score (nSPS) is 19.8. The molecule has 1 aromatic carbocycles. The molecule has 1 aromatic rings. The van der Waals surface area contributed by atoms with Crippen LogP contribution in [0.25, 0.3) is 0 Å². The first-order valence-corrected chi connectivity index (χ1v) is 9.94. The van der Waals surface area contributed by atoms with Crippen LogP contribution in [0.2, 0.25) is 0 Å². The van der Waals surface area contributed by atoms with Crippen LogP contribution in [0.4, 0.5) is 5.69 Å². The summed E-state index contributed by atoms with van der Waals surface area (Å²) in [5.41, 5.74) is 1.36. The molecule has 0 bridgehead atoms. The molecule has 2 aliphatic rings. The van der Waals surface area contributed by atoms with E-state index >= 15 is 0 Å². The fourth-order valence-electron chi connectivity index (χ4n) is 4.04. The van der Waals surface area contributed by atoms with Gasteiger partial charge in [-0.3, -0.25) is 9.59 Å². The van der Waals surface area contributed by atoms with Gasteiger partial charge in [0.05, 0.1) is 0 Å². The van der Waals surface area contributed by atoms with Gasteiger partial charge in [-0.2, -0.15) is 0 Å². The van der Waals surface area contributed by atoms with Gasteiger partial charge in [-0.25, -0.2) is 0 Å². The van der Waals surface area contributed by atoms with Gasteiger partial charge in [-0.1, -0.05) is 51.0 Å². The maximum absolute atomic E-state index is 12.5. The lowest BCUT2D eigenvalue weighted by atomic mass is 9.88. The molecular weight excluding hydrogens is 312 g/mol. The fraction of sp³-hybridized carbons (Fsp3) is 0.619. The summed E-state index contributed by atoms with van der Waals surface area (Å²) in [7, 11) is 0. The molecule has 3 rings (SSSR count). The van der Waals surface area contributed by atoms with Crippen molar-refractivity contribution in [2.45, 2.75) is 76.7 Å². The van der Waals surface area contributed by atoms with E-state index in [4.69, 9.17) is 0 Å². The average Bonchev–Trinajstić information content (AvgIpc) is 2.91. The van der Waals surface area contributed by atoms with Crippen molar-refractivity contribution in [1.82, 2.24) is 5.32 Å². The van der Waals surface area contributed by atoms with E-state index in [1.807, 2.05) is 18.2 Å². The minimum absolute atomic E-state index is 0.0272. The van der Waals surface area contributed by atoms with Crippen LogP contribution in [0.5, 0.6) is 0 Å². The highest BCUT2D eigenvalue weighted by molar-refractivity contribution is 5.97. The van der Waals surface area contributed by atoms with Gasteiger partial charge in [-0.05, 0) is 43.9 Å². The minimum Gasteiger partial charge on any atom is -0.349 e. The molecule has 25 heavy (non-hydrogen) atoms. The molecule has 2 saturated carbocycles. The van der Waals surface area contributed by atoms with E-state index in [0.29, 0.717) is 5.56 Å². The SMILES string of the molecule is O=C(NC1CCCCCC1)c1cccc(NC(=O)C2CCCCC2)c1. The summed E-state index contributed by atoms with van der Waals surface area (Å²) in [6.45, 7) is 0. The van der Waals surface area contributed by atoms with E-state index in [2.05, 4.69) is 10.6 Å². The highest BCUT2D eigenvalue weighted by atomic mass is 16.2. The molecule has 4 nitrogen and oxygen atoms in total. The third-order valence-corrected chi connectivity index (χ3v) is 5.56. The number of benzene rings is 1. The smallest absolute Gasteiger partial charge is 0.251 e. The summed E-state index contributed by atoms with van der Waals surface area (Å²) in [5, 5.41) is 6.17. The van der Waals surface area contributed by atoms with Crippen molar-refractivity contribution >= 4 is 17.5 Å². The van der Waals surface area contributed by atoms with E-state index in [9.17, 15) is 9.59 Å². The third-order valence-electron chi connectivity index (χ3n) is 5.56. The predicted molar refractivity (Wildman–Crippen MR) is 101 cm³/mol. The molecule has 136 valence electrons. The second-order valence-corrected chi connectivity index (χ2v) is 7.57. The number of anilines is 1. The van der Waals surface area contributed by atoms with E-state index in [0.717, 1.165) is 44.2 Å².